The highest BCUT2D eigenvalue weighted by Gasteiger charge is 2.30. The second kappa shape index (κ2) is 3.55. The Balaban J connectivity index is 3.34. The summed E-state index contributed by atoms with van der Waals surface area (Å²) >= 11 is 0. The molecule has 2 heteroatoms. The summed E-state index contributed by atoms with van der Waals surface area (Å²) in [5.41, 5.74) is 2.12. The summed E-state index contributed by atoms with van der Waals surface area (Å²) in [6.07, 6.45) is 1.00. The lowest BCUT2D eigenvalue weighted by molar-refractivity contribution is -0.116. The molecule has 0 aromatic heterocycles. The van der Waals surface area contributed by atoms with Crippen molar-refractivity contribution in [3.63, 3.8) is 0 Å². The molecule has 1 aliphatic rings. The Hall–Kier alpha value is -1.14. The van der Waals surface area contributed by atoms with Crippen molar-refractivity contribution < 1.29 is 9.59 Å². The molecule has 2 nitrogen and oxygen atoms in total. The van der Waals surface area contributed by atoms with Crippen molar-refractivity contribution in [2.24, 2.45) is 5.41 Å². The summed E-state index contributed by atoms with van der Waals surface area (Å²) in [6, 6.07) is 0. The highest BCUT2D eigenvalue weighted by atomic mass is 16.1. The van der Waals surface area contributed by atoms with E-state index in [1.807, 2.05) is 33.6 Å². The first kappa shape index (κ1) is 10.9. The van der Waals surface area contributed by atoms with Gasteiger partial charge < -0.3 is 0 Å². The van der Waals surface area contributed by atoms with Gasteiger partial charge in [0, 0.05) is 17.6 Å². The summed E-state index contributed by atoms with van der Waals surface area (Å²) in [5, 5.41) is 0. The van der Waals surface area contributed by atoms with Gasteiger partial charge in [-0.15, -0.1) is 0 Å². The fourth-order valence-electron chi connectivity index (χ4n) is 2.02. The SMILES string of the molecule is CC1=C(C(C)(C)C)C(=O)CCC1=C=O. The number of hydrogen-bond donors (Lipinski definition) is 0. The minimum absolute atomic E-state index is 0.175. The zero-order valence-electron chi connectivity index (χ0n) is 9.23. The van der Waals surface area contributed by atoms with E-state index in [4.69, 9.17) is 0 Å². The molecule has 1 aliphatic carbocycles. The fourth-order valence-corrected chi connectivity index (χ4v) is 2.02. The predicted molar refractivity (Wildman–Crippen MR) is 55.6 cm³/mol. The van der Waals surface area contributed by atoms with Crippen LogP contribution in [0.4, 0.5) is 0 Å². The van der Waals surface area contributed by atoms with Gasteiger partial charge in [-0.3, -0.25) is 4.79 Å². The molecule has 1 rings (SSSR count). The van der Waals surface area contributed by atoms with Crippen LogP contribution in [-0.2, 0) is 9.59 Å². The van der Waals surface area contributed by atoms with Crippen molar-refractivity contribution >= 4 is 11.7 Å². The van der Waals surface area contributed by atoms with Gasteiger partial charge in [-0.25, -0.2) is 4.79 Å². The monoisotopic (exact) mass is 192 g/mol. The summed E-state index contributed by atoms with van der Waals surface area (Å²) < 4.78 is 0. The molecule has 0 aliphatic heterocycles. The fraction of sp³-hybridized carbons (Fsp3) is 0.583. The molecule has 0 unspecified atom stereocenters. The zero-order chi connectivity index (χ0) is 10.9. The third kappa shape index (κ3) is 1.85. The topological polar surface area (TPSA) is 34.1 Å². The lowest BCUT2D eigenvalue weighted by Gasteiger charge is -2.28. The molecular weight excluding hydrogens is 176 g/mol. The largest absolute Gasteiger partial charge is 0.295 e. The molecule has 0 fully saturated rings. The van der Waals surface area contributed by atoms with E-state index in [9.17, 15) is 9.59 Å². The summed E-state index contributed by atoms with van der Waals surface area (Å²) in [6.45, 7) is 7.84. The number of allylic oxidation sites excluding steroid dienone is 3. The van der Waals surface area contributed by atoms with Crippen molar-refractivity contribution in [3.8, 4) is 0 Å². The van der Waals surface area contributed by atoms with Crippen LogP contribution in [0.5, 0.6) is 0 Å². The third-order valence-corrected chi connectivity index (χ3v) is 2.58. The van der Waals surface area contributed by atoms with E-state index in [0.717, 1.165) is 11.1 Å². The maximum absolute atomic E-state index is 11.7. The quantitative estimate of drug-likeness (QED) is 0.552. The first-order valence-electron chi connectivity index (χ1n) is 4.87. The van der Waals surface area contributed by atoms with Crippen molar-refractivity contribution in [3.05, 3.63) is 16.7 Å². The van der Waals surface area contributed by atoms with Gasteiger partial charge in [0.25, 0.3) is 0 Å². The van der Waals surface area contributed by atoms with Crippen LogP contribution in [-0.4, -0.2) is 11.7 Å². The molecule has 0 amide bonds. The smallest absolute Gasteiger partial charge is 0.160 e. The molecule has 0 saturated carbocycles. The van der Waals surface area contributed by atoms with Gasteiger partial charge in [-0.05, 0) is 24.3 Å². The van der Waals surface area contributed by atoms with E-state index in [-0.39, 0.29) is 11.2 Å². The van der Waals surface area contributed by atoms with E-state index in [1.54, 1.807) is 0 Å². The number of hydrogen-bond acceptors (Lipinski definition) is 2. The van der Waals surface area contributed by atoms with Gasteiger partial charge in [0.1, 0.15) is 5.94 Å². The third-order valence-electron chi connectivity index (χ3n) is 2.58. The van der Waals surface area contributed by atoms with E-state index >= 15 is 0 Å². The van der Waals surface area contributed by atoms with Crippen LogP contribution in [0.3, 0.4) is 0 Å². The average Bonchev–Trinajstić information content (AvgIpc) is 2.02. The normalized spacial score (nSPS) is 18.6. The molecule has 0 aromatic rings. The van der Waals surface area contributed by atoms with Crippen molar-refractivity contribution in [1.29, 1.82) is 0 Å². The molecule has 0 aromatic carbocycles. The van der Waals surface area contributed by atoms with Crippen LogP contribution in [0.15, 0.2) is 16.7 Å². The molecular formula is C12H16O2. The van der Waals surface area contributed by atoms with Gasteiger partial charge >= 0.3 is 0 Å². The van der Waals surface area contributed by atoms with Crippen LogP contribution < -0.4 is 0 Å². The number of carbonyl (C=O) groups is 1. The number of Topliss-reactive ketones (excluding diaryl/α,β-unsaturated/α-hetero) is 1. The highest BCUT2D eigenvalue weighted by Crippen LogP contribution is 2.36. The maximum Gasteiger partial charge on any atom is 0.160 e. The number of ketones is 1. The molecule has 0 bridgehead atoms. The lowest BCUT2D eigenvalue weighted by Crippen LogP contribution is -2.23. The van der Waals surface area contributed by atoms with Crippen LogP contribution in [0.1, 0.15) is 40.5 Å². The van der Waals surface area contributed by atoms with Crippen LogP contribution in [0, 0.1) is 5.41 Å². The molecule has 0 spiro atoms. The molecule has 0 saturated heterocycles. The Morgan fingerprint density at radius 1 is 1.21 bits per heavy atom. The summed E-state index contributed by atoms with van der Waals surface area (Å²) in [5.74, 6) is 2.11. The van der Waals surface area contributed by atoms with Crippen LogP contribution >= 0.6 is 0 Å². The molecule has 14 heavy (non-hydrogen) atoms. The minimum Gasteiger partial charge on any atom is -0.295 e. The van der Waals surface area contributed by atoms with Gasteiger partial charge in [0.2, 0.25) is 0 Å². The highest BCUT2D eigenvalue weighted by molar-refractivity contribution is 6.00. The van der Waals surface area contributed by atoms with Crippen LogP contribution in [0.2, 0.25) is 0 Å². The van der Waals surface area contributed by atoms with E-state index in [1.165, 1.54) is 0 Å². The lowest BCUT2D eigenvalue weighted by atomic mass is 9.75. The minimum atomic E-state index is -0.177. The Labute approximate surface area is 84.7 Å². The van der Waals surface area contributed by atoms with Crippen molar-refractivity contribution in [2.75, 3.05) is 0 Å². The van der Waals surface area contributed by atoms with Crippen LogP contribution in [0.25, 0.3) is 0 Å². The molecule has 0 heterocycles. The Morgan fingerprint density at radius 3 is 2.21 bits per heavy atom. The van der Waals surface area contributed by atoms with Crippen molar-refractivity contribution in [1.82, 2.24) is 0 Å². The van der Waals surface area contributed by atoms with Crippen molar-refractivity contribution in [2.45, 2.75) is 40.5 Å². The van der Waals surface area contributed by atoms with Gasteiger partial charge in [0.05, 0.1) is 0 Å². The molecule has 0 radical (unpaired) electrons. The van der Waals surface area contributed by atoms with Gasteiger partial charge in [-0.1, -0.05) is 20.8 Å². The average molecular weight is 192 g/mol. The van der Waals surface area contributed by atoms with E-state index in [2.05, 4.69) is 0 Å². The predicted octanol–water partition coefficient (Wildman–Crippen LogP) is 2.47. The summed E-state index contributed by atoms with van der Waals surface area (Å²) in [4.78, 5) is 22.4. The Bertz CT molecular complexity index is 347. The molecule has 0 atom stereocenters. The van der Waals surface area contributed by atoms with Gasteiger partial charge in [0.15, 0.2) is 5.78 Å². The second-order valence-corrected chi connectivity index (χ2v) is 4.75. The Morgan fingerprint density at radius 2 is 1.79 bits per heavy atom. The molecule has 76 valence electrons. The first-order chi connectivity index (χ1) is 6.38. The summed E-state index contributed by atoms with van der Waals surface area (Å²) in [7, 11) is 0. The standard InChI is InChI=1S/C12H16O2/c1-8-9(7-13)5-6-10(14)11(8)12(2,3)4/h5-6H2,1-4H3. The maximum atomic E-state index is 11.7. The Kier molecular flexibility index (Phi) is 2.77. The molecule has 0 N–H and O–H groups in total. The van der Waals surface area contributed by atoms with Gasteiger partial charge in [-0.2, -0.15) is 0 Å². The van der Waals surface area contributed by atoms with E-state index in [0.29, 0.717) is 18.4 Å². The second-order valence-electron chi connectivity index (χ2n) is 4.75. The number of rotatable bonds is 0. The number of carbonyl (C=O) groups excluding carboxylic acids is 2. The zero-order valence-corrected chi connectivity index (χ0v) is 9.23. The first-order valence-corrected chi connectivity index (χ1v) is 4.87. The van der Waals surface area contributed by atoms with E-state index < -0.39 is 0 Å².